The van der Waals surface area contributed by atoms with Crippen molar-refractivity contribution in [1.82, 2.24) is 10.6 Å². The number of ether oxygens (including phenoxy) is 1. The lowest BCUT2D eigenvalue weighted by Crippen LogP contribution is -2.49. The predicted octanol–water partition coefficient (Wildman–Crippen LogP) is 3.07. The third-order valence-corrected chi connectivity index (χ3v) is 4.30. The topological polar surface area (TPSA) is 67.4 Å². The molecule has 0 saturated carbocycles. The lowest BCUT2D eigenvalue weighted by molar-refractivity contribution is -0.124. The number of para-hydroxylation sites is 1. The van der Waals surface area contributed by atoms with Crippen LogP contribution in [-0.2, 0) is 11.3 Å². The van der Waals surface area contributed by atoms with Crippen LogP contribution >= 0.6 is 0 Å². The molecule has 0 radical (unpaired) electrons. The van der Waals surface area contributed by atoms with Crippen molar-refractivity contribution in [2.75, 3.05) is 7.11 Å². The van der Waals surface area contributed by atoms with E-state index in [2.05, 4.69) is 10.6 Å². The number of hydrogen-bond acceptors (Lipinski definition) is 3. The Morgan fingerprint density at radius 2 is 1.69 bits per heavy atom. The highest BCUT2D eigenvalue weighted by atomic mass is 16.5. The molecule has 0 aromatic heterocycles. The molecule has 0 spiro atoms. The van der Waals surface area contributed by atoms with Crippen molar-refractivity contribution in [2.45, 2.75) is 33.4 Å². The van der Waals surface area contributed by atoms with E-state index in [1.54, 1.807) is 24.3 Å². The minimum atomic E-state index is -0.628. The smallest absolute Gasteiger partial charge is 0.255 e. The van der Waals surface area contributed by atoms with Gasteiger partial charge in [-0.2, -0.15) is 0 Å². The summed E-state index contributed by atoms with van der Waals surface area (Å²) in [5, 5.41) is 5.75. The lowest BCUT2D eigenvalue weighted by Gasteiger charge is -2.22. The van der Waals surface area contributed by atoms with E-state index in [-0.39, 0.29) is 17.7 Å². The van der Waals surface area contributed by atoms with Crippen molar-refractivity contribution in [2.24, 2.45) is 5.92 Å². The zero-order valence-corrected chi connectivity index (χ0v) is 15.7. The minimum Gasteiger partial charge on any atom is -0.496 e. The molecule has 0 bridgehead atoms. The van der Waals surface area contributed by atoms with Crippen LogP contribution in [0.15, 0.2) is 48.5 Å². The second-order valence-corrected chi connectivity index (χ2v) is 6.54. The van der Waals surface area contributed by atoms with Crippen LogP contribution < -0.4 is 15.4 Å². The number of hydrogen-bond donors (Lipinski definition) is 2. The van der Waals surface area contributed by atoms with Crippen molar-refractivity contribution in [1.29, 1.82) is 0 Å². The van der Waals surface area contributed by atoms with Gasteiger partial charge < -0.3 is 15.4 Å². The summed E-state index contributed by atoms with van der Waals surface area (Å²) in [6, 6.07) is 14.2. The standard InChI is InChI=1S/C21H26N2O3/c1-14(2)19(21(25)22-13-16-10-6-5-9-15(16)3)23-20(24)17-11-7-8-12-18(17)26-4/h5-12,14,19H,13H2,1-4H3,(H,22,25)(H,23,24)/t19-/m0/s1. The molecule has 0 aliphatic heterocycles. The van der Waals surface area contributed by atoms with E-state index in [1.165, 1.54) is 7.11 Å². The molecule has 2 N–H and O–H groups in total. The summed E-state index contributed by atoms with van der Waals surface area (Å²) in [7, 11) is 1.51. The van der Waals surface area contributed by atoms with E-state index < -0.39 is 6.04 Å². The van der Waals surface area contributed by atoms with Gasteiger partial charge in [0.2, 0.25) is 5.91 Å². The van der Waals surface area contributed by atoms with Crippen LogP contribution in [0.2, 0.25) is 0 Å². The van der Waals surface area contributed by atoms with Crippen LogP contribution in [0.1, 0.15) is 35.3 Å². The number of methoxy groups -OCH3 is 1. The molecular weight excluding hydrogens is 328 g/mol. The van der Waals surface area contributed by atoms with E-state index in [0.29, 0.717) is 17.9 Å². The SMILES string of the molecule is COc1ccccc1C(=O)N[C@H](C(=O)NCc1ccccc1C)C(C)C. The largest absolute Gasteiger partial charge is 0.496 e. The van der Waals surface area contributed by atoms with Crippen molar-refractivity contribution in [3.63, 3.8) is 0 Å². The number of aryl methyl sites for hydroxylation is 1. The second kappa shape index (κ2) is 9.04. The van der Waals surface area contributed by atoms with Crippen LogP contribution in [0.25, 0.3) is 0 Å². The van der Waals surface area contributed by atoms with Crippen LogP contribution in [0.5, 0.6) is 5.75 Å². The molecule has 0 unspecified atom stereocenters. The molecule has 1 atom stereocenters. The van der Waals surface area contributed by atoms with Crippen molar-refractivity contribution in [3.8, 4) is 5.75 Å². The third kappa shape index (κ3) is 4.85. The molecule has 0 fully saturated rings. The first-order valence-corrected chi connectivity index (χ1v) is 8.70. The quantitative estimate of drug-likeness (QED) is 0.803. The van der Waals surface area contributed by atoms with Gasteiger partial charge in [-0.1, -0.05) is 50.2 Å². The average molecular weight is 354 g/mol. The maximum Gasteiger partial charge on any atom is 0.255 e. The van der Waals surface area contributed by atoms with Gasteiger partial charge >= 0.3 is 0 Å². The highest BCUT2D eigenvalue weighted by Gasteiger charge is 2.25. The molecule has 0 aliphatic rings. The van der Waals surface area contributed by atoms with Crippen LogP contribution in [0.3, 0.4) is 0 Å². The van der Waals surface area contributed by atoms with Gasteiger partial charge in [-0.25, -0.2) is 0 Å². The average Bonchev–Trinajstić information content (AvgIpc) is 2.64. The molecule has 0 aliphatic carbocycles. The molecule has 0 saturated heterocycles. The molecular formula is C21H26N2O3. The number of carbonyl (C=O) groups is 2. The van der Waals surface area contributed by atoms with Crippen molar-refractivity contribution in [3.05, 3.63) is 65.2 Å². The summed E-state index contributed by atoms with van der Waals surface area (Å²) < 4.78 is 5.23. The zero-order valence-electron chi connectivity index (χ0n) is 15.7. The van der Waals surface area contributed by atoms with E-state index in [0.717, 1.165) is 11.1 Å². The number of carbonyl (C=O) groups excluding carboxylic acids is 2. The van der Waals surface area contributed by atoms with Gasteiger partial charge in [0.05, 0.1) is 12.7 Å². The van der Waals surface area contributed by atoms with E-state index in [9.17, 15) is 9.59 Å². The molecule has 2 aromatic carbocycles. The van der Waals surface area contributed by atoms with Gasteiger partial charge in [0, 0.05) is 6.54 Å². The van der Waals surface area contributed by atoms with Gasteiger partial charge in [-0.3, -0.25) is 9.59 Å². The number of rotatable bonds is 7. The first-order valence-electron chi connectivity index (χ1n) is 8.70. The maximum atomic E-state index is 12.6. The summed E-state index contributed by atoms with van der Waals surface area (Å²) in [6.45, 7) is 6.24. The lowest BCUT2D eigenvalue weighted by atomic mass is 10.0. The molecule has 5 heteroatoms. The highest BCUT2D eigenvalue weighted by molar-refractivity contribution is 5.99. The molecule has 2 aromatic rings. The number of benzene rings is 2. The van der Waals surface area contributed by atoms with E-state index in [1.807, 2.05) is 45.0 Å². The molecule has 5 nitrogen and oxygen atoms in total. The van der Waals surface area contributed by atoms with E-state index >= 15 is 0 Å². The van der Waals surface area contributed by atoms with Crippen LogP contribution in [0.4, 0.5) is 0 Å². The van der Waals surface area contributed by atoms with Gasteiger partial charge in [0.15, 0.2) is 0 Å². The van der Waals surface area contributed by atoms with Crippen molar-refractivity contribution >= 4 is 11.8 Å². The van der Waals surface area contributed by atoms with Crippen LogP contribution in [-0.4, -0.2) is 25.0 Å². The second-order valence-electron chi connectivity index (χ2n) is 6.54. The Hall–Kier alpha value is -2.82. The Bertz CT molecular complexity index is 771. The molecule has 138 valence electrons. The Morgan fingerprint density at radius 1 is 1.04 bits per heavy atom. The fourth-order valence-electron chi connectivity index (χ4n) is 2.69. The highest BCUT2D eigenvalue weighted by Crippen LogP contribution is 2.17. The summed E-state index contributed by atoms with van der Waals surface area (Å²) in [5.74, 6) is -0.1000. The monoisotopic (exact) mass is 354 g/mol. The van der Waals surface area contributed by atoms with Crippen molar-refractivity contribution < 1.29 is 14.3 Å². The Kier molecular flexibility index (Phi) is 6.78. The fourth-order valence-corrected chi connectivity index (χ4v) is 2.69. The first-order chi connectivity index (χ1) is 12.4. The molecule has 2 rings (SSSR count). The maximum absolute atomic E-state index is 12.6. The van der Waals surface area contributed by atoms with Gasteiger partial charge in [0.1, 0.15) is 11.8 Å². The van der Waals surface area contributed by atoms with Gasteiger partial charge in [0.25, 0.3) is 5.91 Å². The normalized spacial score (nSPS) is 11.7. The Labute approximate surface area is 154 Å². The van der Waals surface area contributed by atoms with Gasteiger partial charge in [-0.15, -0.1) is 0 Å². The molecule has 2 amide bonds. The molecule has 26 heavy (non-hydrogen) atoms. The zero-order chi connectivity index (χ0) is 19.1. The number of amides is 2. The Morgan fingerprint density at radius 3 is 2.35 bits per heavy atom. The van der Waals surface area contributed by atoms with E-state index in [4.69, 9.17) is 4.74 Å². The molecule has 0 heterocycles. The summed E-state index contributed by atoms with van der Waals surface area (Å²) in [4.78, 5) is 25.2. The third-order valence-electron chi connectivity index (χ3n) is 4.30. The first kappa shape index (κ1) is 19.5. The minimum absolute atomic E-state index is 0.0504. The predicted molar refractivity (Wildman–Crippen MR) is 102 cm³/mol. The van der Waals surface area contributed by atoms with Gasteiger partial charge in [-0.05, 0) is 36.1 Å². The Balaban J connectivity index is 2.07. The fraction of sp³-hybridized carbons (Fsp3) is 0.333. The number of nitrogens with one attached hydrogen (secondary N) is 2. The summed E-state index contributed by atoms with van der Waals surface area (Å²) in [6.07, 6.45) is 0. The summed E-state index contributed by atoms with van der Waals surface area (Å²) in [5.41, 5.74) is 2.58. The van der Waals surface area contributed by atoms with Crippen LogP contribution in [0, 0.1) is 12.8 Å². The summed E-state index contributed by atoms with van der Waals surface area (Å²) >= 11 is 0.